The highest BCUT2D eigenvalue weighted by Crippen LogP contribution is 2.47. The molecule has 57 heavy (non-hydrogen) atoms. The number of anilines is 6. The number of halogens is 1. The number of methoxy groups -OCH3 is 1. The quantitative estimate of drug-likeness (QED) is 0.0601. The number of carbonyl (C=O) groups is 3. The minimum atomic E-state index is -3.57. The van der Waals surface area contributed by atoms with Crippen molar-refractivity contribution >= 4 is 76.7 Å². The lowest BCUT2D eigenvalue weighted by molar-refractivity contribution is -0.136. The van der Waals surface area contributed by atoms with Gasteiger partial charge >= 0.3 is 7.60 Å². The van der Waals surface area contributed by atoms with Crippen LogP contribution in [0, 0.1) is 0 Å². The molecule has 1 atom stereocenters. The first-order valence-electron chi connectivity index (χ1n) is 18.6. The topological polar surface area (TPSA) is 188 Å². The van der Waals surface area contributed by atoms with Crippen molar-refractivity contribution in [2.45, 2.75) is 44.3 Å². The van der Waals surface area contributed by atoms with Crippen LogP contribution in [-0.4, -0.2) is 92.2 Å². The Hall–Kier alpha value is -5.25. The van der Waals surface area contributed by atoms with E-state index in [1.165, 1.54) is 20.4 Å². The summed E-state index contributed by atoms with van der Waals surface area (Å²) in [7, 11) is 0.698. The number of carbonyl (C=O) groups excluding carboxylic acids is 3. The number of hydrogen-bond donors (Lipinski definition) is 5. The van der Waals surface area contributed by atoms with Crippen molar-refractivity contribution in [2.75, 3.05) is 68.4 Å². The molecule has 1 unspecified atom stereocenters. The lowest BCUT2D eigenvalue weighted by Gasteiger charge is -2.34. The Morgan fingerprint density at radius 1 is 0.912 bits per heavy atom. The molecule has 3 aromatic carbocycles. The second kappa shape index (κ2) is 17.5. The van der Waals surface area contributed by atoms with Crippen LogP contribution in [0.3, 0.4) is 0 Å². The van der Waals surface area contributed by atoms with E-state index >= 15 is 0 Å². The van der Waals surface area contributed by atoms with Crippen LogP contribution >= 0.6 is 19.2 Å². The molecule has 0 radical (unpaired) electrons. The molecular formula is C39H45ClN9O7P. The molecule has 7 rings (SSSR count). The van der Waals surface area contributed by atoms with E-state index in [0.29, 0.717) is 59.4 Å². The molecular weight excluding hydrogens is 773 g/mol. The molecule has 2 saturated heterocycles. The van der Waals surface area contributed by atoms with E-state index in [0.717, 1.165) is 49.4 Å². The molecule has 3 aliphatic heterocycles. The minimum absolute atomic E-state index is 0.182. The average Bonchev–Trinajstić information content (AvgIpc) is 3.57. The number of aromatic nitrogens is 2. The van der Waals surface area contributed by atoms with Crippen LogP contribution in [0.15, 0.2) is 66.9 Å². The highest BCUT2D eigenvalue weighted by Gasteiger charge is 2.40. The van der Waals surface area contributed by atoms with Gasteiger partial charge < -0.3 is 44.9 Å². The van der Waals surface area contributed by atoms with Gasteiger partial charge in [0.15, 0.2) is 5.82 Å². The molecule has 18 heteroatoms. The van der Waals surface area contributed by atoms with Crippen molar-refractivity contribution < 1.29 is 32.7 Å². The van der Waals surface area contributed by atoms with Crippen molar-refractivity contribution in [2.24, 2.45) is 0 Å². The fraction of sp³-hybridized carbons (Fsp3) is 0.359. The zero-order valence-corrected chi connectivity index (χ0v) is 33.5. The fourth-order valence-electron chi connectivity index (χ4n) is 7.40. The van der Waals surface area contributed by atoms with E-state index in [4.69, 9.17) is 25.4 Å². The monoisotopic (exact) mass is 817 g/mol. The molecule has 0 bridgehead atoms. The van der Waals surface area contributed by atoms with Crippen LogP contribution in [0.1, 0.15) is 41.6 Å². The fourth-order valence-corrected chi connectivity index (χ4v) is 8.77. The maximum atomic E-state index is 13.2. The number of fused-ring (bicyclic) bond motifs is 1. The zero-order valence-electron chi connectivity index (χ0n) is 31.8. The standard InChI is InChI=1S/C39H45ClN9O7P/c1-54-33-21-25(11-12-30(33)45-39-43-22-28(40)36(47-39)44-31-8-4-5-10-34(31)57(53,55-2)56-3)48-19-15-24(16-20-48)41-17-18-42-29-9-6-7-26-27(29)23-49(38(26)52)32-13-14-35(50)46-37(32)51/h4-12,21-22,24,32,41-42H,13-20,23H2,1-3H3,(H,46,50,51)(H2,43,44,45,47). The number of nitrogens with zero attached hydrogens (tertiary/aromatic N) is 4. The Kier molecular flexibility index (Phi) is 12.3. The second-order valence-electron chi connectivity index (χ2n) is 13.8. The van der Waals surface area contributed by atoms with Crippen molar-refractivity contribution in [3.8, 4) is 5.75 Å². The van der Waals surface area contributed by atoms with Gasteiger partial charge in [-0.15, -0.1) is 0 Å². The van der Waals surface area contributed by atoms with Crippen molar-refractivity contribution in [3.05, 3.63) is 83.0 Å². The first-order valence-corrected chi connectivity index (χ1v) is 20.6. The van der Waals surface area contributed by atoms with Crippen molar-refractivity contribution in [1.29, 1.82) is 0 Å². The van der Waals surface area contributed by atoms with E-state index in [1.807, 2.05) is 30.3 Å². The van der Waals surface area contributed by atoms with E-state index in [9.17, 15) is 18.9 Å². The van der Waals surface area contributed by atoms with Crippen molar-refractivity contribution in [3.63, 3.8) is 0 Å². The lowest BCUT2D eigenvalue weighted by atomic mass is 10.0. The van der Waals surface area contributed by atoms with Gasteiger partial charge in [-0.3, -0.25) is 24.3 Å². The van der Waals surface area contributed by atoms with Gasteiger partial charge in [0.2, 0.25) is 17.8 Å². The average molecular weight is 818 g/mol. The molecule has 16 nitrogen and oxygen atoms in total. The summed E-state index contributed by atoms with van der Waals surface area (Å²) in [4.78, 5) is 50.1. The normalized spacial score (nSPS) is 17.3. The van der Waals surface area contributed by atoms with Crippen molar-refractivity contribution in [1.82, 2.24) is 25.5 Å². The first kappa shape index (κ1) is 40.0. The maximum absolute atomic E-state index is 13.2. The third-order valence-corrected chi connectivity index (χ3v) is 12.6. The van der Waals surface area contributed by atoms with Gasteiger partial charge in [-0.25, -0.2) is 4.98 Å². The number of rotatable bonds is 15. The number of benzene rings is 3. The summed E-state index contributed by atoms with van der Waals surface area (Å²) in [5.74, 6) is 0.287. The summed E-state index contributed by atoms with van der Waals surface area (Å²) in [6, 6.07) is 18.2. The van der Waals surface area contributed by atoms with Gasteiger partial charge in [0.1, 0.15) is 16.8 Å². The molecule has 4 heterocycles. The number of para-hydroxylation sites is 1. The van der Waals surface area contributed by atoms with Gasteiger partial charge in [-0.2, -0.15) is 4.98 Å². The summed E-state index contributed by atoms with van der Waals surface area (Å²) in [6.45, 7) is 3.46. The van der Waals surface area contributed by atoms with Crippen LogP contribution in [0.25, 0.3) is 0 Å². The summed E-state index contributed by atoms with van der Waals surface area (Å²) in [5, 5.41) is 16.5. The van der Waals surface area contributed by atoms with Crippen LogP contribution in [0.2, 0.25) is 5.02 Å². The second-order valence-corrected chi connectivity index (χ2v) is 16.4. The summed E-state index contributed by atoms with van der Waals surface area (Å²) < 4.78 is 29.3. The number of hydrogen-bond acceptors (Lipinski definition) is 14. The van der Waals surface area contributed by atoms with Gasteiger partial charge in [0, 0.05) is 88.0 Å². The Bertz CT molecular complexity index is 2200. The first-order chi connectivity index (χ1) is 27.6. The van der Waals surface area contributed by atoms with Gasteiger partial charge in [-0.05, 0) is 55.7 Å². The van der Waals surface area contributed by atoms with E-state index in [1.54, 1.807) is 42.3 Å². The number of piperidine rings is 2. The molecule has 0 aliphatic carbocycles. The largest absolute Gasteiger partial charge is 0.494 e. The van der Waals surface area contributed by atoms with E-state index < -0.39 is 19.5 Å². The number of amides is 3. The molecule has 1 aromatic heterocycles. The Labute approximate surface area is 335 Å². The molecule has 3 aliphatic rings. The highest BCUT2D eigenvalue weighted by atomic mass is 35.5. The molecule has 2 fully saturated rings. The highest BCUT2D eigenvalue weighted by molar-refractivity contribution is 7.62. The summed E-state index contributed by atoms with van der Waals surface area (Å²) in [6.07, 6.45) is 3.95. The Morgan fingerprint density at radius 3 is 2.44 bits per heavy atom. The smallest absolute Gasteiger partial charge is 0.362 e. The number of ether oxygens (including phenoxy) is 1. The molecule has 3 amide bonds. The number of nitrogens with one attached hydrogen (secondary N) is 5. The maximum Gasteiger partial charge on any atom is 0.362 e. The van der Waals surface area contributed by atoms with Gasteiger partial charge in [0.05, 0.1) is 30.0 Å². The third kappa shape index (κ3) is 8.70. The van der Waals surface area contributed by atoms with Crippen LogP contribution in [0.4, 0.5) is 34.5 Å². The zero-order chi connectivity index (χ0) is 40.1. The van der Waals surface area contributed by atoms with Gasteiger partial charge in [0.25, 0.3) is 5.91 Å². The van der Waals surface area contributed by atoms with Crippen LogP contribution in [0.5, 0.6) is 5.75 Å². The predicted octanol–water partition coefficient (Wildman–Crippen LogP) is 5.17. The Morgan fingerprint density at radius 2 is 1.68 bits per heavy atom. The molecule has 300 valence electrons. The third-order valence-electron chi connectivity index (χ3n) is 10.4. The van der Waals surface area contributed by atoms with E-state index in [-0.39, 0.29) is 29.2 Å². The molecule has 0 saturated carbocycles. The predicted molar refractivity (Wildman–Crippen MR) is 219 cm³/mol. The van der Waals surface area contributed by atoms with Gasteiger partial charge in [-0.1, -0.05) is 29.8 Å². The number of imide groups is 1. The van der Waals surface area contributed by atoms with Crippen LogP contribution < -0.4 is 41.5 Å². The summed E-state index contributed by atoms with van der Waals surface area (Å²) >= 11 is 6.46. The minimum Gasteiger partial charge on any atom is -0.494 e. The van der Waals surface area contributed by atoms with Crippen LogP contribution in [-0.2, 0) is 29.7 Å². The lowest BCUT2D eigenvalue weighted by Crippen LogP contribution is -2.52. The molecule has 0 spiro atoms. The Balaban J connectivity index is 0.908. The van der Waals surface area contributed by atoms with E-state index in [2.05, 4.69) is 41.5 Å². The SMILES string of the molecule is COc1cc(N2CCC(NCCNc3cccc4c3CN(C3CCC(=O)NC3=O)C4=O)CC2)ccc1Nc1ncc(Cl)c(Nc2ccccc2P(=O)(OC)OC)n1. The summed E-state index contributed by atoms with van der Waals surface area (Å²) in [5.41, 5.74) is 4.51. The molecule has 4 aromatic rings. The molecule has 5 N–H and O–H groups in total.